The molecule has 0 spiro atoms. The standard InChI is InChI=1S/C25H22N4O2S/c1-3-23-26-15-13-20(28-23)19-10-7-14-27-25(19)32-18-9-6-8-17(16-18)24(30)29-21-11-4-5-12-22(21)31-2/h4-16H,3H2,1-2H3,(H,29,30). The van der Waals surface area contributed by atoms with Gasteiger partial charge in [-0.05, 0) is 48.5 Å². The summed E-state index contributed by atoms with van der Waals surface area (Å²) in [6.45, 7) is 2.03. The van der Waals surface area contributed by atoms with Crippen LogP contribution in [-0.2, 0) is 6.42 Å². The van der Waals surface area contributed by atoms with Gasteiger partial charge in [-0.2, -0.15) is 0 Å². The van der Waals surface area contributed by atoms with Crippen molar-refractivity contribution in [2.45, 2.75) is 23.3 Å². The number of methoxy groups -OCH3 is 1. The average molecular weight is 443 g/mol. The molecule has 4 rings (SSSR count). The number of hydrogen-bond acceptors (Lipinski definition) is 6. The molecule has 0 saturated heterocycles. The molecular formula is C25H22N4O2S. The lowest BCUT2D eigenvalue weighted by Gasteiger charge is -2.11. The second-order valence-electron chi connectivity index (χ2n) is 6.85. The Morgan fingerprint density at radius 3 is 2.72 bits per heavy atom. The van der Waals surface area contributed by atoms with Gasteiger partial charge in [-0.1, -0.05) is 36.9 Å². The van der Waals surface area contributed by atoms with Crippen LogP contribution in [-0.4, -0.2) is 28.0 Å². The van der Waals surface area contributed by atoms with E-state index < -0.39 is 0 Å². The number of carbonyl (C=O) groups is 1. The van der Waals surface area contributed by atoms with E-state index in [9.17, 15) is 4.79 Å². The third-order valence-corrected chi connectivity index (χ3v) is 5.74. The van der Waals surface area contributed by atoms with Crippen LogP contribution in [0.1, 0.15) is 23.1 Å². The Morgan fingerprint density at radius 1 is 1.00 bits per heavy atom. The van der Waals surface area contributed by atoms with E-state index in [2.05, 4.69) is 20.3 Å². The smallest absolute Gasteiger partial charge is 0.255 e. The first-order chi connectivity index (χ1) is 15.7. The molecule has 7 heteroatoms. The van der Waals surface area contributed by atoms with Crippen LogP contribution in [0.3, 0.4) is 0 Å². The first-order valence-electron chi connectivity index (χ1n) is 10.2. The van der Waals surface area contributed by atoms with Gasteiger partial charge in [0, 0.05) is 34.8 Å². The molecule has 0 aliphatic heterocycles. The van der Waals surface area contributed by atoms with Crippen LogP contribution >= 0.6 is 11.8 Å². The zero-order valence-corrected chi connectivity index (χ0v) is 18.6. The molecule has 0 aliphatic carbocycles. The summed E-state index contributed by atoms with van der Waals surface area (Å²) in [4.78, 5) is 27.2. The number of anilines is 1. The monoisotopic (exact) mass is 442 g/mol. The Balaban J connectivity index is 1.58. The Morgan fingerprint density at radius 2 is 1.88 bits per heavy atom. The molecule has 1 amide bonds. The van der Waals surface area contributed by atoms with E-state index in [0.717, 1.165) is 33.4 Å². The Hall–Kier alpha value is -3.71. The molecule has 2 aromatic heterocycles. The molecular weight excluding hydrogens is 420 g/mol. The lowest BCUT2D eigenvalue weighted by molar-refractivity contribution is 0.102. The van der Waals surface area contributed by atoms with E-state index >= 15 is 0 Å². The Labute approximate surface area is 191 Å². The van der Waals surface area contributed by atoms with Crippen LogP contribution in [0.4, 0.5) is 5.69 Å². The lowest BCUT2D eigenvalue weighted by Crippen LogP contribution is -2.12. The Kier molecular flexibility index (Phi) is 6.77. The number of nitrogens with zero attached hydrogens (tertiary/aromatic N) is 3. The molecule has 2 aromatic carbocycles. The van der Waals surface area contributed by atoms with Crippen molar-refractivity contribution < 1.29 is 9.53 Å². The quantitative estimate of drug-likeness (QED) is 0.406. The first kappa shape index (κ1) is 21.5. The van der Waals surface area contributed by atoms with E-state index in [-0.39, 0.29) is 5.91 Å². The molecule has 0 bridgehead atoms. The van der Waals surface area contributed by atoms with Crippen molar-refractivity contribution in [3.63, 3.8) is 0 Å². The molecule has 32 heavy (non-hydrogen) atoms. The number of amides is 1. The van der Waals surface area contributed by atoms with E-state index in [1.807, 2.05) is 67.6 Å². The highest BCUT2D eigenvalue weighted by Crippen LogP contribution is 2.34. The van der Waals surface area contributed by atoms with Crippen LogP contribution in [0.25, 0.3) is 11.3 Å². The van der Waals surface area contributed by atoms with Crippen molar-refractivity contribution in [2.75, 3.05) is 12.4 Å². The molecule has 6 nitrogen and oxygen atoms in total. The maximum atomic E-state index is 12.8. The largest absolute Gasteiger partial charge is 0.495 e. The third-order valence-electron chi connectivity index (χ3n) is 4.73. The number of hydrogen-bond donors (Lipinski definition) is 1. The van der Waals surface area contributed by atoms with Gasteiger partial charge in [0.25, 0.3) is 5.91 Å². The fourth-order valence-electron chi connectivity index (χ4n) is 3.14. The number of pyridine rings is 1. The van der Waals surface area contributed by atoms with Gasteiger partial charge in [0.2, 0.25) is 0 Å². The number of ether oxygens (including phenoxy) is 1. The summed E-state index contributed by atoms with van der Waals surface area (Å²) in [6.07, 6.45) is 4.29. The molecule has 0 fully saturated rings. The van der Waals surface area contributed by atoms with Crippen molar-refractivity contribution >= 4 is 23.4 Å². The highest BCUT2D eigenvalue weighted by atomic mass is 32.2. The molecule has 1 N–H and O–H groups in total. The predicted molar refractivity (Wildman–Crippen MR) is 126 cm³/mol. The van der Waals surface area contributed by atoms with Crippen LogP contribution in [0, 0.1) is 0 Å². The number of rotatable bonds is 7. The normalized spacial score (nSPS) is 10.6. The highest BCUT2D eigenvalue weighted by Gasteiger charge is 2.13. The number of carbonyl (C=O) groups excluding carboxylic acids is 1. The van der Waals surface area contributed by atoms with Gasteiger partial charge in [-0.25, -0.2) is 15.0 Å². The van der Waals surface area contributed by atoms with E-state index in [0.29, 0.717) is 17.0 Å². The fraction of sp³-hybridized carbons (Fsp3) is 0.120. The fourth-order valence-corrected chi connectivity index (χ4v) is 4.09. The maximum absolute atomic E-state index is 12.8. The summed E-state index contributed by atoms with van der Waals surface area (Å²) in [7, 11) is 1.58. The summed E-state index contributed by atoms with van der Waals surface area (Å²) in [5.74, 6) is 1.19. The van der Waals surface area contributed by atoms with Crippen molar-refractivity contribution in [1.29, 1.82) is 0 Å². The minimum atomic E-state index is -0.207. The number of aryl methyl sites for hydroxylation is 1. The number of aromatic nitrogens is 3. The summed E-state index contributed by atoms with van der Waals surface area (Å²) in [6, 6.07) is 20.6. The van der Waals surface area contributed by atoms with E-state index in [1.165, 1.54) is 11.8 Å². The molecule has 4 aromatic rings. The SMILES string of the molecule is CCc1nccc(-c2cccnc2Sc2cccc(C(=O)Nc3ccccc3OC)c2)n1. The summed E-state index contributed by atoms with van der Waals surface area (Å²) in [5, 5.41) is 3.73. The molecule has 0 atom stereocenters. The van der Waals surface area contributed by atoms with Crippen molar-refractivity contribution in [3.05, 3.63) is 90.5 Å². The molecule has 0 aliphatic rings. The van der Waals surface area contributed by atoms with Gasteiger partial charge in [0.05, 0.1) is 18.5 Å². The molecule has 0 radical (unpaired) electrons. The van der Waals surface area contributed by atoms with Crippen LogP contribution in [0.5, 0.6) is 5.75 Å². The minimum Gasteiger partial charge on any atom is -0.495 e. The predicted octanol–water partition coefficient (Wildman–Crippen LogP) is 5.51. The van der Waals surface area contributed by atoms with Gasteiger partial charge < -0.3 is 10.1 Å². The molecule has 0 unspecified atom stereocenters. The summed E-state index contributed by atoms with van der Waals surface area (Å²) in [5.41, 5.74) is 2.94. The zero-order chi connectivity index (χ0) is 22.3. The van der Waals surface area contributed by atoms with E-state index in [4.69, 9.17) is 4.74 Å². The topological polar surface area (TPSA) is 77.0 Å². The summed E-state index contributed by atoms with van der Waals surface area (Å²) >= 11 is 1.49. The number of benzene rings is 2. The van der Waals surface area contributed by atoms with Crippen molar-refractivity contribution in [3.8, 4) is 17.0 Å². The van der Waals surface area contributed by atoms with Crippen LogP contribution in [0.15, 0.2) is 89.0 Å². The average Bonchev–Trinajstić information content (AvgIpc) is 2.85. The second kappa shape index (κ2) is 10.1. The van der Waals surface area contributed by atoms with E-state index in [1.54, 1.807) is 25.6 Å². The number of para-hydroxylation sites is 2. The molecule has 0 saturated carbocycles. The molecule has 160 valence electrons. The van der Waals surface area contributed by atoms with Crippen LogP contribution in [0.2, 0.25) is 0 Å². The molecule has 2 heterocycles. The first-order valence-corrected chi connectivity index (χ1v) is 11.0. The van der Waals surface area contributed by atoms with Crippen LogP contribution < -0.4 is 10.1 Å². The second-order valence-corrected chi connectivity index (χ2v) is 7.91. The van der Waals surface area contributed by atoms with Gasteiger partial charge in [0.15, 0.2) is 0 Å². The highest BCUT2D eigenvalue weighted by molar-refractivity contribution is 7.99. The van der Waals surface area contributed by atoms with Gasteiger partial charge in [0.1, 0.15) is 16.6 Å². The minimum absolute atomic E-state index is 0.207. The van der Waals surface area contributed by atoms with Crippen molar-refractivity contribution in [2.24, 2.45) is 0 Å². The lowest BCUT2D eigenvalue weighted by atomic mass is 10.2. The maximum Gasteiger partial charge on any atom is 0.255 e. The van der Waals surface area contributed by atoms with Gasteiger partial charge >= 0.3 is 0 Å². The third kappa shape index (κ3) is 4.95. The zero-order valence-electron chi connectivity index (χ0n) is 17.8. The van der Waals surface area contributed by atoms with Gasteiger partial charge in [-0.15, -0.1) is 0 Å². The van der Waals surface area contributed by atoms with Crippen molar-refractivity contribution in [1.82, 2.24) is 15.0 Å². The Bertz CT molecular complexity index is 1250. The van der Waals surface area contributed by atoms with Gasteiger partial charge in [-0.3, -0.25) is 4.79 Å². The number of nitrogens with one attached hydrogen (secondary N) is 1. The summed E-state index contributed by atoms with van der Waals surface area (Å²) < 4.78 is 5.32.